The van der Waals surface area contributed by atoms with Gasteiger partial charge in [-0.15, -0.1) is 0 Å². The first kappa shape index (κ1) is 16.5. The van der Waals surface area contributed by atoms with Crippen molar-refractivity contribution < 1.29 is 4.39 Å². The maximum absolute atomic E-state index is 13.7. The molecule has 0 saturated carbocycles. The Labute approximate surface area is 121 Å². The molecule has 19 heavy (non-hydrogen) atoms. The highest BCUT2D eigenvalue weighted by molar-refractivity contribution is 6.30. The van der Waals surface area contributed by atoms with Crippen molar-refractivity contribution in [3.05, 3.63) is 34.6 Å². The molecule has 1 aromatic carbocycles. The van der Waals surface area contributed by atoms with Crippen molar-refractivity contribution in [2.75, 3.05) is 6.54 Å². The van der Waals surface area contributed by atoms with Gasteiger partial charge in [0.1, 0.15) is 5.82 Å². The van der Waals surface area contributed by atoms with E-state index in [9.17, 15) is 4.39 Å². The lowest BCUT2D eigenvalue weighted by Crippen LogP contribution is -2.31. The van der Waals surface area contributed by atoms with E-state index < -0.39 is 0 Å². The number of likely N-dealkylation sites (N-methyl/N-ethyl adjacent to an activating group) is 1. The second kappa shape index (κ2) is 9.33. The summed E-state index contributed by atoms with van der Waals surface area (Å²) < 4.78 is 13.7. The van der Waals surface area contributed by atoms with E-state index in [1.807, 2.05) is 0 Å². The molecule has 1 N–H and O–H groups in total. The molecule has 1 nitrogen and oxygen atoms in total. The molecular weight excluding hydrogens is 261 g/mol. The van der Waals surface area contributed by atoms with Crippen LogP contribution in [0.5, 0.6) is 0 Å². The molecule has 0 amide bonds. The number of unbranched alkanes of at least 4 members (excludes halogenated alkanes) is 3. The lowest BCUT2D eigenvalue weighted by molar-refractivity contribution is 0.455. The number of hydrogen-bond acceptors (Lipinski definition) is 1. The standard InChI is InChI=1S/C16H25ClFN/c1-3-5-6-7-8-15(19-4-2)12-13-11-14(17)9-10-16(13)18/h9-11,15,19H,3-8,12H2,1-2H3. The van der Waals surface area contributed by atoms with Crippen molar-refractivity contribution in [3.8, 4) is 0 Å². The molecule has 1 rings (SSSR count). The van der Waals surface area contributed by atoms with Crippen molar-refractivity contribution in [3.63, 3.8) is 0 Å². The molecule has 0 spiro atoms. The largest absolute Gasteiger partial charge is 0.314 e. The summed E-state index contributed by atoms with van der Waals surface area (Å²) in [5.41, 5.74) is 0.717. The number of hydrogen-bond donors (Lipinski definition) is 1. The van der Waals surface area contributed by atoms with Gasteiger partial charge in [-0.25, -0.2) is 4.39 Å². The second-order valence-corrected chi connectivity index (χ2v) is 5.48. The van der Waals surface area contributed by atoms with E-state index in [0.717, 1.165) is 13.0 Å². The molecule has 0 aromatic heterocycles. The molecule has 0 aliphatic carbocycles. The van der Waals surface area contributed by atoms with Crippen LogP contribution in [-0.2, 0) is 6.42 Å². The van der Waals surface area contributed by atoms with E-state index >= 15 is 0 Å². The average Bonchev–Trinajstić information content (AvgIpc) is 2.39. The van der Waals surface area contributed by atoms with Gasteiger partial charge in [0.2, 0.25) is 0 Å². The van der Waals surface area contributed by atoms with Crippen LogP contribution in [0.15, 0.2) is 18.2 Å². The minimum absolute atomic E-state index is 0.152. The third-order valence-electron chi connectivity index (χ3n) is 3.37. The first-order valence-electron chi connectivity index (χ1n) is 7.34. The van der Waals surface area contributed by atoms with E-state index in [-0.39, 0.29) is 5.82 Å². The van der Waals surface area contributed by atoms with Crippen molar-refractivity contribution in [2.24, 2.45) is 0 Å². The second-order valence-electron chi connectivity index (χ2n) is 5.04. The van der Waals surface area contributed by atoms with Crippen molar-refractivity contribution in [1.82, 2.24) is 5.32 Å². The van der Waals surface area contributed by atoms with Crippen LogP contribution in [0.4, 0.5) is 4.39 Å². The van der Waals surface area contributed by atoms with Crippen molar-refractivity contribution >= 4 is 11.6 Å². The summed E-state index contributed by atoms with van der Waals surface area (Å²) >= 11 is 5.94. The van der Waals surface area contributed by atoms with Crippen LogP contribution in [0.3, 0.4) is 0 Å². The molecule has 0 bridgehead atoms. The fourth-order valence-corrected chi connectivity index (χ4v) is 2.54. The first-order chi connectivity index (χ1) is 9.17. The maximum atomic E-state index is 13.7. The predicted molar refractivity (Wildman–Crippen MR) is 81.3 cm³/mol. The van der Waals surface area contributed by atoms with Gasteiger partial charge in [-0.2, -0.15) is 0 Å². The fraction of sp³-hybridized carbons (Fsp3) is 0.625. The Kier molecular flexibility index (Phi) is 8.08. The summed E-state index contributed by atoms with van der Waals surface area (Å²) in [4.78, 5) is 0. The summed E-state index contributed by atoms with van der Waals surface area (Å²) in [6.45, 7) is 5.22. The van der Waals surface area contributed by atoms with Crippen LogP contribution in [0.2, 0.25) is 5.02 Å². The number of rotatable bonds is 9. The predicted octanol–water partition coefficient (Wildman–Crippen LogP) is 4.97. The Morgan fingerprint density at radius 2 is 2.00 bits per heavy atom. The average molecular weight is 286 g/mol. The summed E-state index contributed by atoms with van der Waals surface area (Å²) in [7, 11) is 0. The topological polar surface area (TPSA) is 12.0 Å². The van der Waals surface area contributed by atoms with E-state index in [1.54, 1.807) is 12.1 Å². The highest BCUT2D eigenvalue weighted by Crippen LogP contribution is 2.18. The van der Waals surface area contributed by atoms with Gasteiger partial charge in [0, 0.05) is 11.1 Å². The molecule has 1 atom stereocenters. The molecule has 1 aromatic rings. The van der Waals surface area contributed by atoms with Crippen molar-refractivity contribution in [2.45, 2.75) is 58.4 Å². The normalized spacial score (nSPS) is 12.6. The highest BCUT2D eigenvalue weighted by atomic mass is 35.5. The molecule has 0 saturated heterocycles. The Morgan fingerprint density at radius 3 is 2.68 bits per heavy atom. The molecule has 108 valence electrons. The van der Waals surface area contributed by atoms with Gasteiger partial charge in [-0.05, 0) is 43.1 Å². The Hall–Kier alpha value is -0.600. The van der Waals surface area contributed by atoms with Crippen LogP contribution in [0.25, 0.3) is 0 Å². The highest BCUT2D eigenvalue weighted by Gasteiger charge is 2.11. The lowest BCUT2D eigenvalue weighted by atomic mass is 9.99. The maximum Gasteiger partial charge on any atom is 0.126 e. The van der Waals surface area contributed by atoms with E-state index in [4.69, 9.17) is 11.6 Å². The number of nitrogens with one attached hydrogen (secondary N) is 1. The SMILES string of the molecule is CCCCCCC(Cc1cc(Cl)ccc1F)NCC. The lowest BCUT2D eigenvalue weighted by Gasteiger charge is -2.18. The van der Waals surface area contributed by atoms with Crippen LogP contribution in [-0.4, -0.2) is 12.6 Å². The fourth-order valence-electron chi connectivity index (χ4n) is 2.35. The summed E-state index contributed by atoms with van der Waals surface area (Å²) in [5.74, 6) is -0.152. The smallest absolute Gasteiger partial charge is 0.126 e. The third-order valence-corrected chi connectivity index (χ3v) is 3.61. The first-order valence-corrected chi connectivity index (χ1v) is 7.72. The molecule has 1 unspecified atom stereocenters. The zero-order valence-corrected chi connectivity index (χ0v) is 12.8. The van der Waals surface area contributed by atoms with Gasteiger partial charge in [0.25, 0.3) is 0 Å². The number of benzene rings is 1. The van der Waals surface area contributed by atoms with E-state index in [0.29, 0.717) is 23.0 Å². The number of halogens is 2. The van der Waals surface area contributed by atoms with Gasteiger partial charge in [-0.1, -0.05) is 51.1 Å². The summed E-state index contributed by atoms with van der Waals surface area (Å²) in [5, 5.41) is 4.05. The minimum atomic E-state index is -0.152. The molecule has 0 aliphatic rings. The van der Waals surface area contributed by atoms with Gasteiger partial charge in [0.15, 0.2) is 0 Å². The monoisotopic (exact) mass is 285 g/mol. The molecular formula is C16H25ClFN. The minimum Gasteiger partial charge on any atom is -0.314 e. The molecule has 3 heteroatoms. The quantitative estimate of drug-likeness (QED) is 0.632. The Morgan fingerprint density at radius 1 is 1.21 bits per heavy atom. The van der Waals surface area contributed by atoms with Crippen LogP contribution in [0.1, 0.15) is 51.5 Å². The zero-order chi connectivity index (χ0) is 14.1. The Bertz CT molecular complexity index is 368. The zero-order valence-electron chi connectivity index (χ0n) is 12.0. The summed E-state index contributed by atoms with van der Waals surface area (Å²) in [6, 6.07) is 5.14. The van der Waals surface area contributed by atoms with E-state index in [2.05, 4.69) is 19.2 Å². The van der Waals surface area contributed by atoms with Gasteiger partial charge in [0.05, 0.1) is 0 Å². The van der Waals surface area contributed by atoms with Gasteiger partial charge in [-0.3, -0.25) is 0 Å². The van der Waals surface area contributed by atoms with Crippen LogP contribution >= 0.6 is 11.6 Å². The van der Waals surface area contributed by atoms with Gasteiger partial charge >= 0.3 is 0 Å². The van der Waals surface area contributed by atoms with Crippen molar-refractivity contribution in [1.29, 1.82) is 0 Å². The summed E-state index contributed by atoms with van der Waals surface area (Å²) in [6.07, 6.45) is 6.80. The van der Waals surface area contributed by atoms with Crippen LogP contribution in [0, 0.1) is 5.82 Å². The van der Waals surface area contributed by atoms with Crippen LogP contribution < -0.4 is 5.32 Å². The molecule has 0 aliphatic heterocycles. The van der Waals surface area contributed by atoms with E-state index in [1.165, 1.54) is 31.7 Å². The Balaban J connectivity index is 2.54. The molecule has 0 radical (unpaired) electrons. The molecule has 0 fully saturated rings. The third kappa shape index (κ3) is 6.40. The molecule has 0 heterocycles. The van der Waals surface area contributed by atoms with Gasteiger partial charge < -0.3 is 5.32 Å².